The molecule has 5 nitrogen and oxygen atoms in total. The van der Waals surface area contributed by atoms with Crippen molar-refractivity contribution in [1.82, 2.24) is 5.09 Å². The molecule has 0 aliphatic carbocycles. The molecule has 1 N–H and O–H groups in total. The number of esters is 1. The van der Waals surface area contributed by atoms with E-state index < -0.39 is 18.7 Å². The predicted octanol–water partition coefficient (Wildman–Crippen LogP) is 3.47. The fourth-order valence-corrected chi connectivity index (χ4v) is 3.84. The van der Waals surface area contributed by atoms with Gasteiger partial charge in [0.25, 0.3) is 0 Å². The molecule has 0 heterocycles. The SMILES string of the molecule is CSP(=O)(NC(C)C(=O)OC(C)C)Oc1ccccc1. The Hall–Kier alpha value is -0.970. The topological polar surface area (TPSA) is 64.6 Å². The molecule has 0 spiro atoms. The molecule has 2 atom stereocenters. The van der Waals surface area contributed by atoms with E-state index in [-0.39, 0.29) is 6.10 Å². The van der Waals surface area contributed by atoms with Crippen molar-refractivity contribution in [2.75, 3.05) is 6.26 Å². The summed E-state index contributed by atoms with van der Waals surface area (Å²) in [6.07, 6.45) is 1.45. The number of benzene rings is 1. The van der Waals surface area contributed by atoms with E-state index in [9.17, 15) is 9.36 Å². The highest BCUT2D eigenvalue weighted by Crippen LogP contribution is 2.54. The van der Waals surface area contributed by atoms with Gasteiger partial charge in [0.1, 0.15) is 11.8 Å². The second kappa shape index (κ2) is 7.72. The molecule has 1 rings (SSSR count). The molecule has 0 aliphatic heterocycles. The second-order valence-corrected chi connectivity index (χ2v) is 8.76. The van der Waals surface area contributed by atoms with Crippen molar-refractivity contribution in [1.29, 1.82) is 0 Å². The lowest BCUT2D eigenvalue weighted by Gasteiger charge is -2.22. The number of carbonyl (C=O) groups is 1. The summed E-state index contributed by atoms with van der Waals surface area (Å²) >= 11 is 1.05. The Morgan fingerprint density at radius 1 is 1.25 bits per heavy atom. The van der Waals surface area contributed by atoms with Gasteiger partial charge in [0.2, 0.25) is 0 Å². The van der Waals surface area contributed by atoms with Gasteiger partial charge >= 0.3 is 12.7 Å². The first-order valence-corrected chi connectivity index (χ1v) is 9.70. The minimum absolute atomic E-state index is 0.213. The maximum absolute atomic E-state index is 12.6. The van der Waals surface area contributed by atoms with Crippen molar-refractivity contribution < 1.29 is 18.6 Å². The Bertz CT molecular complexity index is 481. The zero-order valence-electron chi connectivity index (χ0n) is 12.0. The van der Waals surface area contributed by atoms with Crippen LogP contribution in [0.2, 0.25) is 0 Å². The van der Waals surface area contributed by atoms with Crippen LogP contribution in [0.25, 0.3) is 0 Å². The van der Waals surface area contributed by atoms with E-state index in [4.69, 9.17) is 9.26 Å². The van der Waals surface area contributed by atoms with Gasteiger partial charge in [-0.1, -0.05) is 18.2 Å². The van der Waals surface area contributed by atoms with Gasteiger partial charge in [-0.05, 0) is 50.5 Å². The van der Waals surface area contributed by atoms with Crippen LogP contribution in [0.4, 0.5) is 0 Å². The van der Waals surface area contributed by atoms with Gasteiger partial charge in [-0.2, -0.15) is 0 Å². The van der Waals surface area contributed by atoms with E-state index in [1.165, 1.54) is 0 Å². The van der Waals surface area contributed by atoms with Crippen molar-refractivity contribution in [3.8, 4) is 5.75 Å². The molecule has 1 aromatic carbocycles. The summed E-state index contributed by atoms with van der Waals surface area (Å²) in [7, 11) is 0. The Balaban J connectivity index is 2.70. The van der Waals surface area contributed by atoms with E-state index in [1.54, 1.807) is 51.3 Å². The normalized spacial score (nSPS) is 15.4. The van der Waals surface area contributed by atoms with E-state index in [2.05, 4.69) is 5.09 Å². The number of nitrogens with one attached hydrogen (secondary N) is 1. The quantitative estimate of drug-likeness (QED) is 0.613. The summed E-state index contributed by atoms with van der Waals surface area (Å²) < 4.78 is 23.1. The number of hydrogen-bond acceptors (Lipinski definition) is 5. The van der Waals surface area contributed by atoms with Gasteiger partial charge in [-0.15, -0.1) is 0 Å². The largest absolute Gasteiger partial charge is 0.462 e. The van der Waals surface area contributed by atoms with E-state index in [0.29, 0.717) is 5.75 Å². The monoisotopic (exact) mass is 317 g/mol. The Kier molecular flexibility index (Phi) is 6.59. The van der Waals surface area contributed by atoms with Gasteiger partial charge in [-0.25, -0.2) is 9.65 Å². The van der Waals surface area contributed by atoms with Crippen molar-refractivity contribution in [2.45, 2.75) is 32.9 Å². The third kappa shape index (κ3) is 5.57. The molecule has 2 unspecified atom stereocenters. The van der Waals surface area contributed by atoms with Crippen LogP contribution < -0.4 is 9.61 Å². The first-order valence-electron chi connectivity index (χ1n) is 6.25. The number of ether oxygens (including phenoxy) is 1. The molecule has 0 saturated carbocycles. The van der Waals surface area contributed by atoms with Crippen LogP contribution in [0.3, 0.4) is 0 Å². The fourth-order valence-electron chi connectivity index (χ4n) is 1.36. The highest BCUT2D eigenvalue weighted by atomic mass is 32.7. The molecule has 0 radical (unpaired) electrons. The molecule has 7 heteroatoms. The molecule has 0 aliphatic rings. The first-order chi connectivity index (χ1) is 9.36. The van der Waals surface area contributed by atoms with Gasteiger partial charge < -0.3 is 9.26 Å². The van der Waals surface area contributed by atoms with Crippen LogP contribution in [0.1, 0.15) is 20.8 Å². The van der Waals surface area contributed by atoms with Crippen molar-refractivity contribution in [3.05, 3.63) is 30.3 Å². The molecule has 112 valence electrons. The third-order valence-electron chi connectivity index (χ3n) is 2.27. The average molecular weight is 317 g/mol. The molecule has 0 bridgehead atoms. The maximum atomic E-state index is 12.6. The molecule has 0 amide bonds. The van der Waals surface area contributed by atoms with Crippen LogP contribution in [0, 0.1) is 0 Å². The summed E-state index contributed by atoms with van der Waals surface area (Å²) in [5, 5.41) is 2.72. The Labute approximate surface area is 123 Å². The summed E-state index contributed by atoms with van der Waals surface area (Å²) in [6.45, 7) is 1.92. The molecule has 0 saturated heterocycles. The van der Waals surface area contributed by atoms with Gasteiger partial charge in [0, 0.05) is 0 Å². The van der Waals surface area contributed by atoms with Crippen LogP contribution in [0.5, 0.6) is 5.75 Å². The minimum Gasteiger partial charge on any atom is -0.462 e. The molecular weight excluding hydrogens is 297 g/mol. The average Bonchev–Trinajstić information content (AvgIpc) is 2.39. The van der Waals surface area contributed by atoms with E-state index >= 15 is 0 Å². The number of rotatable bonds is 7. The van der Waals surface area contributed by atoms with Gasteiger partial charge in [0.05, 0.1) is 6.10 Å². The fraction of sp³-hybridized carbons (Fsp3) is 0.462. The summed E-state index contributed by atoms with van der Waals surface area (Å²) in [6, 6.07) is 8.13. The third-order valence-corrected chi connectivity index (χ3v) is 5.88. The van der Waals surface area contributed by atoms with Crippen molar-refractivity contribution in [2.24, 2.45) is 0 Å². The van der Waals surface area contributed by atoms with Crippen molar-refractivity contribution in [3.63, 3.8) is 0 Å². The molecule has 0 aromatic heterocycles. The number of para-hydroxylation sites is 1. The molecule has 1 aromatic rings. The molecular formula is C13H20NO4PS. The van der Waals surface area contributed by atoms with Gasteiger partial charge in [0.15, 0.2) is 0 Å². The number of hydrogen-bond donors (Lipinski definition) is 1. The van der Waals surface area contributed by atoms with Crippen LogP contribution in [-0.2, 0) is 14.1 Å². The lowest BCUT2D eigenvalue weighted by atomic mass is 10.3. The van der Waals surface area contributed by atoms with E-state index in [1.807, 2.05) is 6.07 Å². The lowest BCUT2D eigenvalue weighted by molar-refractivity contribution is -0.148. The van der Waals surface area contributed by atoms with E-state index in [0.717, 1.165) is 11.4 Å². The predicted molar refractivity (Wildman–Crippen MR) is 82.0 cm³/mol. The summed E-state index contributed by atoms with van der Waals surface area (Å²) in [4.78, 5) is 11.7. The highest BCUT2D eigenvalue weighted by molar-refractivity contribution is 8.55. The zero-order chi connectivity index (χ0) is 15.2. The van der Waals surface area contributed by atoms with Crippen LogP contribution >= 0.6 is 18.1 Å². The summed E-state index contributed by atoms with van der Waals surface area (Å²) in [5.74, 6) is 0.0352. The Morgan fingerprint density at radius 3 is 2.35 bits per heavy atom. The van der Waals surface area contributed by atoms with Crippen LogP contribution in [-0.4, -0.2) is 24.4 Å². The standard InChI is InChI=1S/C13H20NO4PS/c1-10(2)17-13(15)11(3)14-19(16,20-4)18-12-8-6-5-7-9-12/h5-11H,1-4H3,(H,14,16). The second-order valence-electron chi connectivity index (χ2n) is 4.42. The van der Waals surface area contributed by atoms with Crippen molar-refractivity contribution >= 4 is 24.1 Å². The molecule has 20 heavy (non-hydrogen) atoms. The highest BCUT2D eigenvalue weighted by Gasteiger charge is 2.29. The Morgan fingerprint density at radius 2 is 1.85 bits per heavy atom. The first kappa shape index (κ1) is 17.1. The smallest absolute Gasteiger partial charge is 0.374 e. The van der Waals surface area contributed by atoms with Crippen LogP contribution in [0.15, 0.2) is 30.3 Å². The van der Waals surface area contributed by atoms with Gasteiger partial charge in [-0.3, -0.25) is 4.79 Å². The maximum Gasteiger partial charge on any atom is 0.374 e. The zero-order valence-corrected chi connectivity index (χ0v) is 13.7. The summed E-state index contributed by atoms with van der Waals surface area (Å²) in [5.41, 5.74) is 0. The number of carbonyl (C=O) groups excluding carboxylic acids is 1. The molecule has 0 fully saturated rings. The lowest BCUT2D eigenvalue weighted by Crippen LogP contribution is -2.35. The minimum atomic E-state index is -3.21.